The van der Waals surface area contributed by atoms with Gasteiger partial charge in [0.15, 0.2) is 0 Å². The number of morpholine rings is 1. The van der Waals surface area contributed by atoms with Crippen molar-refractivity contribution in [3.05, 3.63) is 62.8 Å². The summed E-state index contributed by atoms with van der Waals surface area (Å²) in [6.07, 6.45) is 0.546. The Morgan fingerprint density at radius 2 is 1.94 bits per heavy atom. The van der Waals surface area contributed by atoms with Gasteiger partial charge in [-0.25, -0.2) is 4.39 Å². The largest absolute Gasteiger partial charge is 0.379 e. The molecule has 0 spiro atoms. The zero-order valence-corrected chi connectivity index (χ0v) is 19.3. The third-order valence-corrected chi connectivity index (χ3v) is 6.39. The van der Waals surface area contributed by atoms with Gasteiger partial charge in [0.25, 0.3) is 5.56 Å². The van der Waals surface area contributed by atoms with Crippen molar-refractivity contribution in [2.75, 3.05) is 32.8 Å². The van der Waals surface area contributed by atoms with Crippen LogP contribution >= 0.6 is 0 Å². The topological polar surface area (TPSA) is 92.2 Å². The Morgan fingerprint density at radius 3 is 2.64 bits per heavy atom. The quantitative estimate of drug-likeness (QED) is 0.570. The molecule has 1 fully saturated rings. The zero-order chi connectivity index (χ0) is 23.5. The number of ether oxygens (including phenoxy) is 1. The highest BCUT2D eigenvalue weighted by Crippen LogP contribution is 2.23. The van der Waals surface area contributed by atoms with Crippen LogP contribution in [0.3, 0.4) is 0 Å². The summed E-state index contributed by atoms with van der Waals surface area (Å²) in [7, 11) is 1.80. The number of aryl methyl sites for hydroxylation is 3. The molecular weight excluding hydrogens is 425 g/mol. The van der Waals surface area contributed by atoms with E-state index in [0.717, 1.165) is 35.3 Å². The summed E-state index contributed by atoms with van der Waals surface area (Å²) >= 11 is 0. The number of aromatic amines is 1. The highest BCUT2D eigenvalue weighted by Gasteiger charge is 2.23. The molecule has 176 valence electrons. The fraction of sp³-hybridized carbons (Fsp3) is 0.458. The number of rotatable bonds is 7. The minimum Gasteiger partial charge on any atom is -0.379 e. The molecule has 3 aromatic rings. The fourth-order valence-corrected chi connectivity index (χ4v) is 4.62. The smallest absolute Gasteiger partial charge is 0.253 e. The number of amides is 1. The van der Waals surface area contributed by atoms with Crippen molar-refractivity contribution < 1.29 is 13.9 Å². The molecule has 1 aromatic carbocycles. The predicted molar refractivity (Wildman–Crippen MR) is 124 cm³/mol. The van der Waals surface area contributed by atoms with Crippen LogP contribution in [0.5, 0.6) is 0 Å². The zero-order valence-electron chi connectivity index (χ0n) is 19.3. The molecule has 0 radical (unpaired) electrons. The van der Waals surface area contributed by atoms with Gasteiger partial charge in [-0.3, -0.25) is 19.2 Å². The summed E-state index contributed by atoms with van der Waals surface area (Å²) in [5, 5.41) is 8.32. The van der Waals surface area contributed by atoms with E-state index < -0.39 is 0 Å². The maximum absolute atomic E-state index is 13.4. The summed E-state index contributed by atoms with van der Waals surface area (Å²) in [5.41, 5.74) is 3.77. The van der Waals surface area contributed by atoms with Crippen molar-refractivity contribution in [3.63, 3.8) is 0 Å². The number of fused-ring (bicyclic) bond motifs is 1. The second-order valence-electron chi connectivity index (χ2n) is 8.51. The van der Waals surface area contributed by atoms with Crippen LogP contribution in [-0.4, -0.2) is 58.4 Å². The molecule has 2 aromatic heterocycles. The van der Waals surface area contributed by atoms with E-state index in [1.165, 1.54) is 12.1 Å². The number of halogens is 1. The van der Waals surface area contributed by atoms with Crippen LogP contribution in [0.4, 0.5) is 4.39 Å². The van der Waals surface area contributed by atoms with E-state index in [2.05, 4.69) is 20.3 Å². The molecule has 8 nitrogen and oxygen atoms in total. The standard InChI is InChI=1S/C24H30FN5O3/c1-15-19(24(32)27-23-22(15)16(2)28-29(23)3)8-9-21(31)26-14-20(30-10-12-33-13-11-30)17-4-6-18(25)7-5-17/h4-7,20H,8-14H2,1-3H3,(H,26,31)(H,27,32). The number of pyridine rings is 1. The van der Waals surface area contributed by atoms with Gasteiger partial charge in [-0.1, -0.05) is 12.1 Å². The Balaban J connectivity index is 1.44. The molecule has 33 heavy (non-hydrogen) atoms. The van der Waals surface area contributed by atoms with Crippen LogP contribution in [0.25, 0.3) is 11.0 Å². The maximum Gasteiger partial charge on any atom is 0.253 e. The monoisotopic (exact) mass is 455 g/mol. The third-order valence-electron chi connectivity index (χ3n) is 6.39. The average Bonchev–Trinajstić information content (AvgIpc) is 3.08. The highest BCUT2D eigenvalue weighted by atomic mass is 19.1. The van der Waals surface area contributed by atoms with E-state index in [-0.39, 0.29) is 29.7 Å². The van der Waals surface area contributed by atoms with E-state index in [1.807, 2.05) is 13.8 Å². The Kier molecular flexibility index (Phi) is 6.90. The van der Waals surface area contributed by atoms with Crippen molar-refractivity contribution in [1.82, 2.24) is 25.0 Å². The molecule has 4 rings (SSSR count). The van der Waals surface area contributed by atoms with Gasteiger partial charge in [-0.05, 0) is 43.5 Å². The molecule has 1 amide bonds. The summed E-state index contributed by atoms with van der Waals surface area (Å²) in [6.45, 7) is 6.97. The van der Waals surface area contributed by atoms with Crippen LogP contribution in [0, 0.1) is 19.7 Å². The Bertz CT molecular complexity index is 1200. The van der Waals surface area contributed by atoms with Crippen molar-refractivity contribution in [2.45, 2.75) is 32.7 Å². The SMILES string of the molecule is Cc1nn(C)c2[nH]c(=O)c(CCC(=O)NCC(c3ccc(F)cc3)N3CCOCC3)c(C)c12. The van der Waals surface area contributed by atoms with Crippen molar-refractivity contribution >= 4 is 16.9 Å². The number of hydrogen-bond acceptors (Lipinski definition) is 5. The lowest BCUT2D eigenvalue weighted by Crippen LogP contribution is -2.43. The average molecular weight is 456 g/mol. The van der Waals surface area contributed by atoms with Crippen LogP contribution < -0.4 is 10.9 Å². The molecule has 0 aliphatic carbocycles. The number of benzene rings is 1. The lowest BCUT2D eigenvalue weighted by molar-refractivity contribution is -0.121. The Hall–Kier alpha value is -3.04. The van der Waals surface area contributed by atoms with Gasteiger partial charge in [-0.2, -0.15) is 5.10 Å². The minimum atomic E-state index is -0.287. The van der Waals surface area contributed by atoms with Gasteiger partial charge >= 0.3 is 0 Å². The molecule has 9 heteroatoms. The van der Waals surface area contributed by atoms with E-state index >= 15 is 0 Å². The molecule has 1 saturated heterocycles. The summed E-state index contributed by atoms with van der Waals surface area (Å²) < 4.78 is 20.5. The molecule has 1 unspecified atom stereocenters. The van der Waals surface area contributed by atoms with Crippen LogP contribution in [-0.2, 0) is 23.0 Å². The van der Waals surface area contributed by atoms with Gasteiger partial charge in [0, 0.05) is 44.1 Å². The van der Waals surface area contributed by atoms with E-state index in [1.54, 1.807) is 23.9 Å². The summed E-state index contributed by atoms with van der Waals surface area (Å²) in [6, 6.07) is 6.33. The molecule has 1 aliphatic rings. The van der Waals surface area contributed by atoms with Crippen LogP contribution in [0.15, 0.2) is 29.1 Å². The Labute approximate surface area is 191 Å². The van der Waals surface area contributed by atoms with Gasteiger partial charge < -0.3 is 15.0 Å². The number of H-pyrrole nitrogens is 1. The maximum atomic E-state index is 13.4. The normalized spacial score (nSPS) is 15.6. The van der Waals surface area contributed by atoms with Gasteiger partial charge in [-0.15, -0.1) is 0 Å². The van der Waals surface area contributed by atoms with Crippen molar-refractivity contribution in [1.29, 1.82) is 0 Å². The van der Waals surface area contributed by atoms with Gasteiger partial charge in [0.1, 0.15) is 11.5 Å². The fourth-order valence-electron chi connectivity index (χ4n) is 4.62. The Morgan fingerprint density at radius 1 is 1.24 bits per heavy atom. The summed E-state index contributed by atoms with van der Waals surface area (Å²) in [5.74, 6) is -0.415. The number of aromatic nitrogens is 3. The van der Waals surface area contributed by atoms with Crippen LogP contribution in [0.2, 0.25) is 0 Å². The molecule has 1 aliphatic heterocycles. The number of nitrogens with one attached hydrogen (secondary N) is 2. The minimum absolute atomic E-state index is 0.0713. The van der Waals surface area contributed by atoms with Crippen molar-refractivity contribution in [2.24, 2.45) is 7.05 Å². The van der Waals surface area contributed by atoms with Gasteiger partial charge in [0.05, 0.1) is 24.9 Å². The first-order valence-electron chi connectivity index (χ1n) is 11.2. The molecule has 3 heterocycles. The number of hydrogen-bond donors (Lipinski definition) is 2. The van der Waals surface area contributed by atoms with Crippen molar-refractivity contribution in [3.8, 4) is 0 Å². The predicted octanol–water partition coefficient (Wildman–Crippen LogP) is 2.14. The second kappa shape index (κ2) is 9.84. The van der Waals surface area contributed by atoms with E-state index in [0.29, 0.717) is 37.4 Å². The molecule has 0 saturated carbocycles. The molecule has 0 bridgehead atoms. The van der Waals surface area contributed by atoms with Crippen LogP contribution in [0.1, 0.15) is 34.8 Å². The first-order chi connectivity index (χ1) is 15.8. The number of carbonyl (C=O) groups is 1. The molecule has 1 atom stereocenters. The highest BCUT2D eigenvalue weighted by molar-refractivity contribution is 5.83. The summed E-state index contributed by atoms with van der Waals surface area (Å²) in [4.78, 5) is 30.5. The first-order valence-corrected chi connectivity index (χ1v) is 11.2. The number of carbonyl (C=O) groups excluding carboxylic acids is 1. The second-order valence-corrected chi connectivity index (χ2v) is 8.51. The first kappa shape index (κ1) is 23.1. The van der Waals surface area contributed by atoms with Gasteiger partial charge in [0.2, 0.25) is 5.91 Å². The lowest BCUT2D eigenvalue weighted by atomic mass is 10.0. The van der Waals surface area contributed by atoms with E-state index in [9.17, 15) is 14.0 Å². The molecule has 2 N–H and O–H groups in total. The lowest BCUT2D eigenvalue weighted by Gasteiger charge is -2.35. The third kappa shape index (κ3) is 4.99. The number of nitrogens with zero attached hydrogens (tertiary/aromatic N) is 3. The van der Waals surface area contributed by atoms with E-state index in [4.69, 9.17) is 4.74 Å². The molecular formula is C24H30FN5O3.